The van der Waals surface area contributed by atoms with Crippen molar-refractivity contribution in [1.82, 2.24) is 0 Å². The van der Waals surface area contributed by atoms with Crippen LogP contribution >= 0.6 is 0 Å². The van der Waals surface area contributed by atoms with Gasteiger partial charge in [-0.2, -0.15) is 0 Å². The number of benzene rings is 1. The van der Waals surface area contributed by atoms with Crippen LogP contribution in [0.15, 0.2) is 18.2 Å². The van der Waals surface area contributed by atoms with Crippen LogP contribution in [0.1, 0.15) is 24.8 Å². The molecule has 1 aromatic carbocycles. The minimum atomic E-state index is -0.0834. The number of hydrogen-bond acceptors (Lipinski definition) is 3. The van der Waals surface area contributed by atoms with Crippen molar-refractivity contribution >= 4 is 11.4 Å². The van der Waals surface area contributed by atoms with Crippen molar-refractivity contribution in [3.8, 4) is 0 Å². The monoisotopic (exact) mass is 220 g/mol. The first kappa shape index (κ1) is 11.3. The van der Waals surface area contributed by atoms with E-state index < -0.39 is 0 Å². The molecule has 1 aliphatic rings. The van der Waals surface area contributed by atoms with Gasteiger partial charge in [0.1, 0.15) is 0 Å². The summed E-state index contributed by atoms with van der Waals surface area (Å²) in [7, 11) is 0. The second kappa shape index (κ2) is 4.74. The topological polar surface area (TPSA) is 58.3 Å². The van der Waals surface area contributed by atoms with E-state index >= 15 is 0 Å². The highest BCUT2D eigenvalue weighted by atomic mass is 16.3. The van der Waals surface area contributed by atoms with Crippen LogP contribution in [0.3, 0.4) is 0 Å². The molecule has 2 unspecified atom stereocenters. The molecule has 1 saturated carbocycles. The first-order valence-corrected chi connectivity index (χ1v) is 5.93. The van der Waals surface area contributed by atoms with E-state index in [0.717, 1.165) is 42.7 Å². The lowest BCUT2D eigenvalue weighted by Crippen LogP contribution is -2.12. The Bertz CT molecular complexity index is 365. The van der Waals surface area contributed by atoms with E-state index in [1.807, 2.05) is 19.1 Å². The summed E-state index contributed by atoms with van der Waals surface area (Å²) in [5.74, 6) is 0.604. The molecular weight excluding hydrogens is 200 g/mol. The lowest BCUT2D eigenvalue weighted by atomic mass is 10.1. The summed E-state index contributed by atoms with van der Waals surface area (Å²) in [4.78, 5) is 0. The molecule has 0 amide bonds. The van der Waals surface area contributed by atoms with Crippen molar-refractivity contribution in [2.24, 2.45) is 5.92 Å². The lowest BCUT2D eigenvalue weighted by Gasteiger charge is -2.13. The van der Waals surface area contributed by atoms with Crippen molar-refractivity contribution in [3.63, 3.8) is 0 Å². The van der Waals surface area contributed by atoms with Crippen molar-refractivity contribution in [1.29, 1.82) is 0 Å². The minimum Gasteiger partial charge on any atom is -0.399 e. The average Bonchev–Trinajstić information content (AvgIpc) is 2.66. The zero-order valence-electron chi connectivity index (χ0n) is 9.74. The fraction of sp³-hybridized carbons (Fsp3) is 0.538. The highest BCUT2D eigenvalue weighted by Gasteiger charge is 2.22. The summed E-state index contributed by atoms with van der Waals surface area (Å²) in [6.45, 7) is 2.96. The zero-order valence-corrected chi connectivity index (χ0v) is 9.74. The molecule has 1 aliphatic carbocycles. The standard InChI is InChI=1S/C13H20N2O/c1-9-6-11(3-5-13(9)14)15-8-10-2-4-12(16)7-10/h3,5-6,10,12,15-16H,2,4,7-8,14H2,1H3. The van der Waals surface area contributed by atoms with E-state index in [2.05, 4.69) is 11.4 Å². The van der Waals surface area contributed by atoms with E-state index in [4.69, 9.17) is 5.73 Å². The normalized spacial score (nSPS) is 24.6. The molecule has 16 heavy (non-hydrogen) atoms. The van der Waals surface area contributed by atoms with Crippen LogP contribution in [-0.2, 0) is 0 Å². The van der Waals surface area contributed by atoms with Crippen molar-refractivity contribution < 1.29 is 5.11 Å². The highest BCUT2D eigenvalue weighted by molar-refractivity contribution is 5.56. The van der Waals surface area contributed by atoms with Gasteiger partial charge < -0.3 is 16.2 Å². The van der Waals surface area contributed by atoms with Crippen LogP contribution in [0.4, 0.5) is 11.4 Å². The number of nitrogens with one attached hydrogen (secondary N) is 1. The first-order valence-electron chi connectivity index (χ1n) is 5.93. The molecule has 0 radical (unpaired) electrons. The Labute approximate surface area is 96.7 Å². The fourth-order valence-electron chi connectivity index (χ4n) is 2.28. The second-order valence-electron chi connectivity index (χ2n) is 4.79. The maximum atomic E-state index is 9.43. The molecule has 4 N–H and O–H groups in total. The SMILES string of the molecule is Cc1cc(NCC2CCC(O)C2)ccc1N. The fourth-order valence-corrected chi connectivity index (χ4v) is 2.28. The molecule has 3 nitrogen and oxygen atoms in total. The summed E-state index contributed by atoms with van der Waals surface area (Å²) in [5, 5.41) is 12.8. The third kappa shape index (κ3) is 2.67. The van der Waals surface area contributed by atoms with Gasteiger partial charge in [0.15, 0.2) is 0 Å². The first-order chi connectivity index (χ1) is 7.65. The Hall–Kier alpha value is -1.22. The Morgan fingerprint density at radius 3 is 2.88 bits per heavy atom. The zero-order chi connectivity index (χ0) is 11.5. The number of rotatable bonds is 3. The summed E-state index contributed by atoms with van der Waals surface area (Å²) < 4.78 is 0. The van der Waals surface area contributed by atoms with E-state index in [1.165, 1.54) is 0 Å². The van der Waals surface area contributed by atoms with Crippen LogP contribution in [0.25, 0.3) is 0 Å². The molecule has 0 bridgehead atoms. The largest absolute Gasteiger partial charge is 0.399 e. The predicted molar refractivity (Wildman–Crippen MR) is 67.4 cm³/mol. The summed E-state index contributed by atoms with van der Waals surface area (Å²) in [6.07, 6.45) is 2.93. The van der Waals surface area contributed by atoms with Gasteiger partial charge >= 0.3 is 0 Å². The van der Waals surface area contributed by atoms with Gasteiger partial charge in [-0.05, 0) is 55.9 Å². The molecule has 2 rings (SSSR count). The summed E-state index contributed by atoms with van der Waals surface area (Å²) in [5.41, 5.74) is 8.83. The summed E-state index contributed by atoms with van der Waals surface area (Å²) in [6, 6.07) is 6.01. The highest BCUT2D eigenvalue weighted by Crippen LogP contribution is 2.26. The average molecular weight is 220 g/mol. The predicted octanol–water partition coefficient (Wildman–Crippen LogP) is 2.15. The molecule has 1 aromatic rings. The number of aliphatic hydroxyl groups is 1. The number of aliphatic hydroxyl groups excluding tert-OH is 1. The molecule has 0 saturated heterocycles. The molecule has 88 valence electrons. The molecule has 0 heterocycles. The molecule has 0 spiro atoms. The van der Waals surface area contributed by atoms with Crippen LogP contribution in [0, 0.1) is 12.8 Å². The molecule has 2 atom stereocenters. The van der Waals surface area contributed by atoms with Crippen molar-refractivity contribution in [2.45, 2.75) is 32.3 Å². The van der Waals surface area contributed by atoms with Gasteiger partial charge in [-0.1, -0.05) is 0 Å². The number of aryl methyl sites for hydroxylation is 1. The van der Waals surface area contributed by atoms with Gasteiger partial charge in [0.2, 0.25) is 0 Å². The molecular formula is C13H20N2O. The van der Waals surface area contributed by atoms with Crippen molar-refractivity contribution in [2.75, 3.05) is 17.6 Å². The molecule has 1 fully saturated rings. The molecule has 0 aliphatic heterocycles. The van der Waals surface area contributed by atoms with E-state index in [9.17, 15) is 5.11 Å². The van der Waals surface area contributed by atoms with Gasteiger partial charge in [0, 0.05) is 17.9 Å². The third-order valence-electron chi connectivity index (χ3n) is 3.38. The number of nitrogens with two attached hydrogens (primary N) is 1. The quantitative estimate of drug-likeness (QED) is 0.684. The van der Waals surface area contributed by atoms with Crippen molar-refractivity contribution in [3.05, 3.63) is 23.8 Å². The Balaban J connectivity index is 1.87. The van der Waals surface area contributed by atoms with E-state index in [-0.39, 0.29) is 6.10 Å². The van der Waals surface area contributed by atoms with E-state index in [0.29, 0.717) is 5.92 Å². The summed E-state index contributed by atoms with van der Waals surface area (Å²) >= 11 is 0. The maximum absolute atomic E-state index is 9.43. The van der Waals surface area contributed by atoms with Crippen LogP contribution < -0.4 is 11.1 Å². The maximum Gasteiger partial charge on any atom is 0.0543 e. The number of nitrogen functional groups attached to an aromatic ring is 1. The molecule has 0 aromatic heterocycles. The minimum absolute atomic E-state index is 0.0834. The van der Waals surface area contributed by atoms with Gasteiger partial charge in [0.25, 0.3) is 0 Å². The smallest absolute Gasteiger partial charge is 0.0543 e. The Morgan fingerprint density at radius 2 is 2.25 bits per heavy atom. The number of hydrogen-bond donors (Lipinski definition) is 3. The molecule has 3 heteroatoms. The van der Waals surface area contributed by atoms with Crippen LogP contribution in [-0.4, -0.2) is 17.8 Å². The lowest BCUT2D eigenvalue weighted by molar-refractivity contribution is 0.178. The van der Waals surface area contributed by atoms with Crippen LogP contribution in [0.5, 0.6) is 0 Å². The number of anilines is 2. The van der Waals surface area contributed by atoms with Gasteiger partial charge in [-0.3, -0.25) is 0 Å². The second-order valence-corrected chi connectivity index (χ2v) is 4.79. The van der Waals surface area contributed by atoms with Crippen LogP contribution in [0.2, 0.25) is 0 Å². The van der Waals surface area contributed by atoms with Gasteiger partial charge in [-0.15, -0.1) is 0 Å². The van der Waals surface area contributed by atoms with Gasteiger partial charge in [-0.25, -0.2) is 0 Å². The van der Waals surface area contributed by atoms with E-state index in [1.54, 1.807) is 0 Å². The Morgan fingerprint density at radius 1 is 1.44 bits per heavy atom. The third-order valence-corrected chi connectivity index (χ3v) is 3.38. The van der Waals surface area contributed by atoms with Gasteiger partial charge in [0.05, 0.1) is 6.10 Å². The Kier molecular flexibility index (Phi) is 3.34.